The normalized spacial score (nSPS) is 21.5. The van der Waals surface area contributed by atoms with Crippen molar-refractivity contribution in [1.82, 2.24) is 15.2 Å². The highest BCUT2D eigenvalue weighted by atomic mass is 19.3. The zero-order chi connectivity index (χ0) is 13.9. The first-order valence-corrected chi connectivity index (χ1v) is 6.89. The number of hydrogen-bond donors (Lipinski definition) is 2. The molecule has 1 heterocycles. The van der Waals surface area contributed by atoms with Crippen molar-refractivity contribution in [3.8, 4) is 0 Å². The number of aryl methyl sites for hydroxylation is 1. The molecule has 0 aromatic carbocycles. The fourth-order valence-corrected chi connectivity index (χ4v) is 2.77. The summed E-state index contributed by atoms with van der Waals surface area (Å²) in [5.41, 5.74) is 3.89. The van der Waals surface area contributed by atoms with Crippen LogP contribution in [0.2, 0.25) is 0 Å². The lowest BCUT2D eigenvalue weighted by Gasteiger charge is -2.33. The van der Waals surface area contributed by atoms with E-state index in [9.17, 15) is 8.78 Å². The van der Waals surface area contributed by atoms with Gasteiger partial charge in [-0.05, 0) is 37.7 Å². The lowest BCUT2D eigenvalue weighted by Crippen LogP contribution is -2.44. The molecular formula is C13H22F2N4. The van der Waals surface area contributed by atoms with Crippen molar-refractivity contribution in [3.63, 3.8) is 0 Å². The molecule has 4 nitrogen and oxygen atoms in total. The summed E-state index contributed by atoms with van der Waals surface area (Å²) in [4.78, 5) is 0. The summed E-state index contributed by atoms with van der Waals surface area (Å²) < 4.78 is 28.2. The van der Waals surface area contributed by atoms with E-state index >= 15 is 0 Å². The summed E-state index contributed by atoms with van der Waals surface area (Å²) in [7, 11) is 0. The van der Waals surface area contributed by atoms with Gasteiger partial charge in [-0.25, -0.2) is 8.78 Å². The van der Waals surface area contributed by atoms with Crippen molar-refractivity contribution in [2.75, 3.05) is 0 Å². The van der Waals surface area contributed by atoms with E-state index in [1.165, 1.54) is 0 Å². The van der Waals surface area contributed by atoms with Gasteiger partial charge in [0.2, 0.25) is 5.92 Å². The maximum Gasteiger partial charge on any atom is 0.248 e. The zero-order valence-corrected chi connectivity index (χ0v) is 11.3. The van der Waals surface area contributed by atoms with Crippen LogP contribution in [0.1, 0.15) is 38.2 Å². The standard InChI is InChI=1S/C13H22F2N4/c1-2-19-9-10(8-17-19)7-12(18-16)11-3-5-13(14,15)6-4-11/h8-9,11-12,18H,2-7,16H2,1H3. The third kappa shape index (κ3) is 3.73. The maximum atomic E-state index is 13.2. The summed E-state index contributed by atoms with van der Waals surface area (Å²) in [6, 6.07) is 0.0469. The van der Waals surface area contributed by atoms with Crippen molar-refractivity contribution >= 4 is 0 Å². The molecule has 0 radical (unpaired) electrons. The summed E-state index contributed by atoms with van der Waals surface area (Å²) in [6.45, 7) is 2.86. The molecule has 2 rings (SSSR count). The van der Waals surface area contributed by atoms with E-state index in [4.69, 9.17) is 5.84 Å². The van der Waals surface area contributed by atoms with Crippen LogP contribution in [0.15, 0.2) is 12.4 Å². The monoisotopic (exact) mass is 272 g/mol. The van der Waals surface area contributed by atoms with Crippen molar-refractivity contribution in [2.24, 2.45) is 11.8 Å². The van der Waals surface area contributed by atoms with Crippen molar-refractivity contribution < 1.29 is 8.78 Å². The molecule has 1 aliphatic carbocycles. The molecule has 0 saturated heterocycles. The van der Waals surface area contributed by atoms with Gasteiger partial charge in [-0.2, -0.15) is 5.10 Å². The van der Waals surface area contributed by atoms with Crippen molar-refractivity contribution in [2.45, 2.75) is 57.5 Å². The van der Waals surface area contributed by atoms with Gasteiger partial charge >= 0.3 is 0 Å². The molecular weight excluding hydrogens is 250 g/mol. The Morgan fingerprint density at radius 1 is 1.53 bits per heavy atom. The number of aromatic nitrogens is 2. The molecule has 1 aliphatic rings. The third-order valence-corrected chi connectivity index (χ3v) is 4.01. The number of hydrazine groups is 1. The molecule has 1 aromatic heterocycles. The highest BCUT2D eigenvalue weighted by molar-refractivity contribution is 5.07. The minimum atomic E-state index is -2.48. The quantitative estimate of drug-likeness (QED) is 0.637. The number of rotatable bonds is 5. The van der Waals surface area contributed by atoms with E-state index < -0.39 is 5.92 Å². The van der Waals surface area contributed by atoms with Gasteiger partial charge in [0.1, 0.15) is 0 Å². The van der Waals surface area contributed by atoms with Crippen LogP contribution in [0.25, 0.3) is 0 Å². The van der Waals surface area contributed by atoms with Gasteiger partial charge < -0.3 is 0 Å². The first kappa shape index (κ1) is 14.4. The number of halogens is 2. The second-order valence-electron chi connectivity index (χ2n) is 5.37. The van der Waals surface area contributed by atoms with E-state index in [0.29, 0.717) is 12.8 Å². The van der Waals surface area contributed by atoms with Gasteiger partial charge in [0.25, 0.3) is 0 Å². The SMILES string of the molecule is CCn1cc(CC(NN)C2CCC(F)(F)CC2)cn1. The molecule has 1 aromatic rings. The van der Waals surface area contributed by atoms with Gasteiger partial charge in [0.05, 0.1) is 6.20 Å². The van der Waals surface area contributed by atoms with E-state index in [2.05, 4.69) is 10.5 Å². The molecule has 0 bridgehead atoms. The number of hydrogen-bond acceptors (Lipinski definition) is 3. The number of alkyl halides is 2. The Labute approximate surface area is 112 Å². The number of nitrogens with zero attached hydrogens (tertiary/aromatic N) is 2. The van der Waals surface area contributed by atoms with E-state index in [1.807, 2.05) is 24.0 Å². The van der Waals surface area contributed by atoms with Crippen LogP contribution < -0.4 is 11.3 Å². The molecule has 1 unspecified atom stereocenters. The zero-order valence-electron chi connectivity index (χ0n) is 11.3. The summed E-state index contributed by atoms with van der Waals surface area (Å²) in [6.07, 6.45) is 5.57. The molecule has 19 heavy (non-hydrogen) atoms. The molecule has 3 N–H and O–H groups in total. The van der Waals surface area contributed by atoms with Gasteiger partial charge in [-0.15, -0.1) is 0 Å². The Hall–Kier alpha value is -1.01. The third-order valence-electron chi connectivity index (χ3n) is 4.01. The molecule has 0 aliphatic heterocycles. The largest absolute Gasteiger partial charge is 0.273 e. The van der Waals surface area contributed by atoms with Crippen LogP contribution in [0, 0.1) is 5.92 Å². The Morgan fingerprint density at radius 3 is 2.74 bits per heavy atom. The predicted molar refractivity (Wildman–Crippen MR) is 69.6 cm³/mol. The number of nitrogens with two attached hydrogens (primary N) is 1. The van der Waals surface area contributed by atoms with E-state index in [-0.39, 0.29) is 24.8 Å². The van der Waals surface area contributed by atoms with Gasteiger partial charge in [-0.1, -0.05) is 0 Å². The Kier molecular flexibility index (Phi) is 4.52. The van der Waals surface area contributed by atoms with Crippen LogP contribution in [-0.4, -0.2) is 21.7 Å². The molecule has 0 amide bonds. The number of nitrogens with one attached hydrogen (secondary N) is 1. The van der Waals surface area contributed by atoms with Gasteiger partial charge in [0, 0.05) is 31.6 Å². The highest BCUT2D eigenvalue weighted by Gasteiger charge is 2.37. The van der Waals surface area contributed by atoms with Crippen LogP contribution in [-0.2, 0) is 13.0 Å². The molecule has 0 spiro atoms. The molecule has 1 fully saturated rings. The Morgan fingerprint density at radius 2 is 2.21 bits per heavy atom. The summed E-state index contributed by atoms with van der Waals surface area (Å²) >= 11 is 0. The van der Waals surface area contributed by atoms with Crippen molar-refractivity contribution in [3.05, 3.63) is 18.0 Å². The van der Waals surface area contributed by atoms with E-state index in [0.717, 1.165) is 18.5 Å². The minimum Gasteiger partial charge on any atom is -0.273 e. The second kappa shape index (κ2) is 5.96. The average molecular weight is 272 g/mol. The summed E-state index contributed by atoms with van der Waals surface area (Å²) in [5, 5.41) is 4.22. The average Bonchev–Trinajstić information content (AvgIpc) is 2.84. The first-order chi connectivity index (χ1) is 9.04. The smallest absolute Gasteiger partial charge is 0.248 e. The second-order valence-corrected chi connectivity index (χ2v) is 5.37. The van der Waals surface area contributed by atoms with Gasteiger partial charge in [-0.3, -0.25) is 16.0 Å². The topological polar surface area (TPSA) is 55.9 Å². The predicted octanol–water partition coefficient (Wildman–Crippen LogP) is 2.10. The molecule has 1 atom stereocenters. The van der Waals surface area contributed by atoms with Gasteiger partial charge in [0.15, 0.2) is 0 Å². The van der Waals surface area contributed by atoms with E-state index in [1.54, 1.807) is 0 Å². The fraction of sp³-hybridized carbons (Fsp3) is 0.769. The Bertz CT molecular complexity index is 395. The highest BCUT2D eigenvalue weighted by Crippen LogP contribution is 2.37. The molecule has 108 valence electrons. The van der Waals surface area contributed by atoms with Crippen LogP contribution in [0.3, 0.4) is 0 Å². The summed E-state index contributed by atoms with van der Waals surface area (Å²) in [5.74, 6) is 3.33. The lowest BCUT2D eigenvalue weighted by atomic mass is 9.80. The lowest BCUT2D eigenvalue weighted by molar-refractivity contribution is -0.0495. The first-order valence-electron chi connectivity index (χ1n) is 6.89. The minimum absolute atomic E-state index is 0.0237. The van der Waals surface area contributed by atoms with Crippen LogP contribution in [0.4, 0.5) is 8.78 Å². The Balaban J connectivity index is 1.93. The van der Waals surface area contributed by atoms with Crippen LogP contribution >= 0.6 is 0 Å². The van der Waals surface area contributed by atoms with Crippen LogP contribution in [0.5, 0.6) is 0 Å². The van der Waals surface area contributed by atoms with Crippen molar-refractivity contribution in [1.29, 1.82) is 0 Å². The molecule has 6 heteroatoms. The fourth-order valence-electron chi connectivity index (χ4n) is 2.77. The maximum absolute atomic E-state index is 13.2. The molecule has 1 saturated carbocycles.